The van der Waals surface area contributed by atoms with Gasteiger partial charge in [0.1, 0.15) is 0 Å². The molecule has 1 radical (unpaired) electrons. The molecular formula is C120H72FeN12Ni2+. The Bertz CT molecular complexity index is 8140. The Morgan fingerprint density at radius 3 is 0.348 bits per heavy atom. The Balaban J connectivity index is 0.00000353. The first-order valence-corrected chi connectivity index (χ1v) is 44.2. The smallest absolute Gasteiger partial charge is 0.657 e. The molecule has 0 saturated heterocycles. The van der Waals surface area contributed by atoms with Crippen LogP contribution in [0.1, 0.15) is 68.3 Å². The van der Waals surface area contributed by atoms with Gasteiger partial charge in [0.2, 0.25) is 0 Å². The molecule has 10 aromatic carbocycles. The number of aromatic nitrogens is 12. The van der Waals surface area contributed by atoms with Crippen LogP contribution in [0.2, 0.25) is 0 Å². The topological polar surface area (TPSA) is 162 Å². The van der Waals surface area contributed by atoms with Gasteiger partial charge in [-0.25, -0.2) is 29.9 Å². The maximum Gasteiger partial charge on any atom is 3.00 e. The van der Waals surface area contributed by atoms with Crippen molar-refractivity contribution in [1.82, 2.24) is 59.8 Å². The summed E-state index contributed by atoms with van der Waals surface area (Å²) in [6.45, 7) is 0. The first-order valence-electron chi connectivity index (χ1n) is 44.2. The summed E-state index contributed by atoms with van der Waals surface area (Å²) >= 11 is 0. The summed E-state index contributed by atoms with van der Waals surface area (Å²) < 4.78 is 0. The molecule has 0 N–H and O–H groups in total. The second-order valence-corrected chi connectivity index (χ2v) is 33.1. The van der Waals surface area contributed by atoms with Gasteiger partial charge >= 0.3 is 50.1 Å². The molecule has 0 fully saturated rings. The van der Waals surface area contributed by atoms with E-state index in [1.54, 1.807) is 0 Å². The molecule has 19 aromatic rings. The third kappa shape index (κ3) is 15.2. The fourth-order valence-electron chi connectivity index (χ4n) is 19.4. The van der Waals surface area contributed by atoms with Crippen molar-refractivity contribution in [2.24, 2.45) is 0 Å². The zero-order valence-corrected chi connectivity index (χ0v) is 75.0. The number of benzene rings is 10. The van der Waals surface area contributed by atoms with Gasteiger partial charge in [-0.2, -0.15) is 0 Å². The fraction of sp³-hybridized carbons (Fsp3) is 0. The normalized spacial score (nSPS) is 12.1. The molecule has 6 aliphatic rings. The molecule has 0 amide bonds. The minimum atomic E-state index is 0. The van der Waals surface area contributed by atoms with Gasteiger partial charge in [0.15, 0.2) is 0 Å². The molecule has 12 nitrogen and oxygen atoms in total. The van der Waals surface area contributed by atoms with Crippen molar-refractivity contribution in [3.05, 3.63) is 432 Å². The van der Waals surface area contributed by atoms with E-state index in [0.29, 0.717) is 67.3 Å². The van der Waals surface area contributed by atoms with Crippen molar-refractivity contribution in [2.45, 2.75) is 0 Å². The number of fused-ring (bicyclic) bond motifs is 24. The molecule has 135 heavy (non-hydrogen) atoms. The third-order valence-electron chi connectivity index (χ3n) is 25.3. The number of nitrogens with zero attached hydrogens (tertiary/aromatic N) is 12. The second kappa shape index (κ2) is 35.7. The van der Waals surface area contributed by atoms with Crippen LogP contribution in [0, 0.1) is 0 Å². The van der Waals surface area contributed by atoms with Crippen LogP contribution in [0.5, 0.6) is 0 Å². The molecule has 6 aliphatic heterocycles. The van der Waals surface area contributed by atoms with Gasteiger partial charge < -0.3 is 29.9 Å². The van der Waals surface area contributed by atoms with Crippen LogP contribution in [0.4, 0.5) is 0 Å². The Labute approximate surface area is 808 Å². The van der Waals surface area contributed by atoms with Gasteiger partial charge in [0.05, 0.1) is 68.3 Å². The van der Waals surface area contributed by atoms with Crippen molar-refractivity contribution in [3.8, 4) is 134 Å². The van der Waals surface area contributed by atoms with Crippen molar-refractivity contribution in [3.63, 3.8) is 0 Å². The second-order valence-electron chi connectivity index (χ2n) is 33.1. The summed E-state index contributed by atoms with van der Waals surface area (Å²) in [6.07, 6.45) is 25.5. The molecule has 0 atom stereocenters. The monoisotopic (exact) mass is 1850 g/mol. The summed E-state index contributed by atoms with van der Waals surface area (Å²) in [5, 5.41) is 0. The van der Waals surface area contributed by atoms with Gasteiger partial charge in [-0.15, -0.1) is 66.2 Å². The van der Waals surface area contributed by atoms with E-state index in [2.05, 4.69) is 388 Å². The van der Waals surface area contributed by atoms with Gasteiger partial charge in [-0.1, -0.05) is 364 Å². The average Bonchev–Trinajstić information content (AvgIpc) is 1.59. The van der Waals surface area contributed by atoms with E-state index in [9.17, 15) is 0 Å². The van der Waals surface area contributed by atoms with E-state index >= 15 is 0 Å². The van der Waals surface area contributed by atoms with Gasteiger partial charge in [0, 0.05) is 0 Å². The van der Waals surface area contributed by atoms with Crippen molar-refractivity contribution in [1.29, 1.82) is 0 Å². The van der Waals surface area contributed by atoms with Crippen LogP contribution in [0.15, 0.2) is 364 Å². The van der Waals surface area contributed by atoms with Gasteiger partial charge in [0.25, 0.3) is 0 Å². The van der Waals surface area contributed by atoms with E-state index < -0.39 is 0 Å². The summed E-state index contributed by atoms with van der Waals surface area (Å²) in [7, 11) is 0. The molecular weight excluding hydrogens is 1780 g/mol. The van der Waals surface area contributed by atoms with Crippen LogP contribution in [0.25, 0.3) is 273 Å². The Morgan fingerprint density at radius 1 is 0.119 bits per heavy atom. The largest absolute Gasteiger partial charge is 3.00 e. The SMILES string of the molecule is C1=Cc2nc1c(-c1ccccc1)c1ccc([n-]1)c(-c1ccccc1)c1nc(c(-c3ccccc3-c3c4nc(c(-c5ccccc5)c5ccc([n-]5)c(-c5ccccc5-c5c6nc(c(-c7ccccc7)c7ccc([n-]7)c(-c7ccccc7)c7nc(c(-c8ccccc8)c8ccc5[n-]8)C=C7)C=C6)c5nc(c(-c6ccccc6)c6ccc3[n-]6)C=C5)C=C4)c3ccc([n-]3)c2-c2ccccc2)C=C1.[Fe+3].[Ni+2].[Ni+2]. The van der Waals surface area contributed by atoms with Gasteiger partial charge in [-0.3, -0.25) is 0 Å². The van der Waals surface area contributed by atoms with Crippen LogP contribution in [-0.4, -0.2) is 29.9 Å². The van der Waals surface area contributed by atoms with E-state index in [1.165, 1.54) is 0 Å². The van der Waals surface area contributed by atoms with Crippen LogP contribution in [-0.2, 0) is 50.1 Å². The minimum Gasteiger partial charge on any atom is -0.657 e. The van der Waals surface area contributed by atoms with E-state index in [-0.39, 0.29) is 50.1 Å². The maximum atomic E-state index is 5.90. The van der Waals surface area contributed by atoms with Crippen molar-refractivity contribution < 1.29 is 50.1 Å². The number of hydrogen-bond acceptors (Lipinski definition) is 6. The standard InChI is InChI=1S/C120H72N12.Fe.2Ni/c1-9-29-73(30-10-1)109-85-49-53-89(121-85)111(75-33-13-3-14-34-75)93-57-65-101(125-93)117(102-66-58-94(126-102)112(76-35-15-4-16-36-76)90-54-50-86(109)122-90)81-45-25-27-47-83(81)119-105-69-61-97(129-105)115(79-41-21-7-22-42-79)99-63-71-107(131-99)120(108-72-64-100(132-108)116(80-43-23-8-24-44-80)98-62-70-106(119)130-98)84-48-28-26-46-82(84)118-103-67-59-95(127-103)113(77-37-17-5-18-38-77)91-55-51-87(123-91)110(74-31-11-2-12-32-74)88-52-56-92(124-88)114(78-39-19-6-20-40-78)96-60-68-104(118)128-96;;;/h1-72H;;;/q-6;+3;2*+2. The molecule has 0 saturated carbocycles. The molecule has 9 aromatic heterocycles. The molecule has 25 rings (SSSR count). The van der Waals surface area contributed by atoms with Crippen molar-refractivity contribution in [2.75, 3.05) is 0 Å². The average molecular weight is 1860 g/mol. The molecule has 24 bridgehead atoms. The van der Waals surface area contributed by atoms with Crippen molar-refractivity contribution >= 4 is 139 Å². The van der Waals surface area contributed by atoms with Crippen LogP contribution in [0.3, 0.4) is 0 Å². The van der Waals surface area contributed by atoms with E-state index in [4.69, 9.17) is 59.8 Å². The maximum absolute atomic E-state index is 5.90. The quantitative estimate of drug-likeness (QED) is 0.107. The Kier molecular flexibility index (Phi) is 22.2. The molecule has 15 heteroatoms. The summed E-state index contributed by atoms with van der Waals surface area (Å²) in [5.41, 5.74) is 39.2. The fourth-order valence-corrected chi connectivity index (χ4v) is 19.4. The molecule has 639 valence electrons. The predicted octanol–water partition coefficient (Wildman–Crippen LogP) is 28.4. The number of hydrogen-bond donors (Lipinski definition) is 0. The molecule has 0 spiro atoms. The Hall–Kier alpha value is -16.5. The molecule has 15 heterocycles. The summed E-state index contributed by atoms with van der Waals surface area (Å²) in [6, 6.07) is 126. The van der Waals surface area contributed by atoms with E-state index in [0.717, 1.165) is 201 Å². The zero-order chi connectivity index (χ0) is 87.1. The minimum absolute atomic E-state index is 0. The molecule has 0 unspecified atom stereocenters. The Morgan fingerprint density at radius 2 is 0.222 bits per heavy atom. The first kappa shape index (κ1) is 84.1. The number of rotatable bonds is 12. The summed E-state index contributed by atoms with van der Waals surface area (Å²) in [5.74, 6) is 0. The van der Waals surface area contributed by atoms with E-state index in [1.807, 2.05) is 48.5 Å². The van der Waals surface area contributed by atoms with Crippen LogP contribution < -0.4 is 29.9 Å². The molecule has 0 aliphatic carbocycles. The third-order valence-corrected chi connectivity index (χ3v) is 25.3. The van der Waals surface area contributed by atoms with Crippen LogP contribution >= 0.6 is 0 Å². The zero-order valence-electron chi connectivity index (χ0n) is 71.9. The van der Waals surface area contributed by atoms with Gasteiger partial charge in [-0.05, 0) is 206 Å². The first-order chi connectivity index (χ1) is 65.4. The summed E-state index contributed by atoms with van der Waals surface area (Å²) in [4.78, 5) is 69.1. The predicted molar refractivity (Wildman–Crippen MR) is 543 cm³/mol.